The highest BCUT2D eigenvalue weighted by atomic mass is 79.9. The maximum Gasteiger partial charge on any atom is 0.338 e. The first-order valence-electron chi connectivity index (χ1n) is 3.77. The fourth-order valence-electron chi connectivity index (χ4n) is 1.27. The van der Waals surface area contributed by atoms with E-state index in [1.54, 1.807) is 0 Å². The first-order valence-corrected chi connectivity index (χ1v) is 4.56. The summed E-state index contributed by atoms with van der Waals surface area (Å²) in [6, 6.07) is 0.798. The lowest BCUT2D eigenvalue weighted by atomic mass is 10.1. The van der Waals surface area contributed by atoms with Gasteiger partial charge in [0.05, 0.1) is 20.9 Å². The van der Waals surface area contributed by atoms with Crippen LogP contribution in [0.3, 0.4) is 0 Å². The van der Waals surface area contributed by atoms with Crippen molar-refractivity contribution < 1.29 is 18.7 Å². The van der Waals surface area contributed by atoms with E-state index in [-0.39, 0.29) is 20.9 Å². The summed E-state index contributed by atoms with van der Waals surface area (Å²) in [6.45, 7) is 0. The van der Waals surface area contributed by atoms with E-state index in [0.29, 0.717) is 0 Å². The van der Waals surface area contributed by atoms with Gasteiger partial charge in [0, 0.05) is 0 Å². The molecule has 0 amide bonds. The van der Waals surface area contributed by atoms with Gasteiger partial charge in [0.1, 0.15) is 5.82 Å². The number of carbonyl (C=O) groups is 1. The molecule has 0 fully saturated rings. The number of carboxylic acid groups (broad SMARTS) is 1. The fourth-order valence-corrected chi connectivity index (χ4v) is 1.74. The summed E-state index contributed by atoms with van der Waals surface area (Å²) >= 11 is 2.83. The lowest BCUT2D eigenvalue weighted by molar-refractivity contribution is 0.0698. The van der Waals surface area contributed by atoms with E-state index in [1.807, 2.05) is 0 Å². The summed E-state index contributed by atoms with van der Waals surface area (Å²) in [6.07, 6.45) is 0. The summed E-state index contributed by atoms with van der Waals surface area (Å²) in [5.74, 6) is -3.14. The molecule has 2 aromatic rings. The van der Waals surface area contributed by atoms with E-state index >= 15 is 0 Å². The molecule has 7 heteroatoms. The number of halogens is 3. The van der Waals surface area contributed by atoms with Gasteiger partial charge in [-0.2, -0.15) is 4.39 Å². The molecule has 4 nitrogen and oxygen atoms in total. The fraction of sp³-hybridized carbons (Fsp3) is 0. The van der Waals surface area contributed by atoms with Crippen LogP contribution in [0.25, 0.3) is 10.9 Å². The molecule has 1 aromatic heterocycles. The molecule has 2 rings (SSSR count). The van der Waals surface area contributed by atoms with Crippen LogP contribution in [-0.2, 0) is 0 Å². The SMILES string of the molecule is O=C(O)c1cc(F)c(Br)c2c(F)n[nH]c12. The lowest BCUT2D eigenvalue weighted by Gasteiger charge is -2.00. The maximum atomic E-state index is 13.2. The van der Waals surface area contributed by atoms with Crippen LogP contribution in [0, 0.1) is 11.8 Å². The number of hydrogen-bond acceptors (Lipinski definition) is 2. The van der Waals surface area contributed by atoms with Crippen molar-refractivity contribution >= 4 is 32.8 Å². The first-order chi connectivity index (χ1) is 7.02. The molecular formula is C8H3BrF2N2O2. The van der Waals surface area contributed by atoms with Gasteiger partial charge < -0.3 is 5.11 Å². The van der Waals surface area contributed by atoms with E-state index in [2.05, 4.69) is 26.1 Å². The molecule has 0 aliphatic carbocycles. The minimum atomic E-state index is -1.35. The molecule has 0 unspecified atom stereocenters. The Labute approximate surface area is 90.0 Å². The van der Waals surface area contributed by atoms with Crippen LogP contribution in [0.4, 0.5) is 8.78 Å². The highest BCUT2D eigenvalue weighted by Crippen LogP contribution is 2.30. The second-order valence-electron chi connectivity index (χ2n) is 2.79. The molecule has 0 radical (unpaired) electrons. The predicted molar refractivity (Wildman–Crippen MR) is 50.7 cm³/mol. The molecule has 1 aromatic carbocycles. The second kappa shape index (κ2) is 3.27. The summed E-state index contributed by atoms with van der Waals surface area (Å²) in [5.41, 5.74) is -0.407. The van der Waals surface area contributed by atoms with Crippen LogP contribution in [0.5, 0.6) is 0 Å². The number of rotatable bonds is 1. The lowest BCUT2D eigenvalue weighted by Crippen LogP contribution is -1.99. The molecule has 0 bridgehead atoms. The van der Waals surface area contributed by atoms with Gasteiger partial charge in [-0.15, -0.1) is 5.10 Å². The van der Waals surface area contributed by atoms with E-state index in [4.69, 9.17) is 5.11 Å². The standard InChI is InChI=1S/C8H3BrF2N2O2/c9-5-3(10)1-2(8(14)15)6-4(5)7(11)13-12-6/h1H,(H,12,13)(H,14,15). The van der Waals surface area contributed by atoms with Crippen LogP contribution < -0.4 is 0 Å². The molecule has 0 aliphatic rings. The van der Waals surface area contributed by atoms with E-state index in [0.717, 1.165) is 6.07 Å². The molecule has 2 N–H and O–H groups in total. The number of nitrogens with one attached hydrogen (secondary N) is 1. The van der Waals surface area contributed by atoms with Gasteiger partial charge in [0.15, 0.2) is 0 Å². The minimum absolute atomic E-state index is 0.0479. The summed E-state index contributed by atoms with van der Waals surface area (Å²) in [5, 5.41) is 13.9. The third-order valence-corrected chi connectivity index (χ3v) is 2.70. The predicted octanol–water partition coefficient (Wildman–Crippen LogP) is 2.30. The van der Waals surface area contributed by atoms with Gasteiger partial charge in [0.25, 0.3) is 0 Å². The van der Waals surface area contributed by atoms with Crippen LogP contribution in [-0.4, -0.2) is 21.3 Å². The van der Waals surface area contributed by atoms with Gasteiger partial charge in [0.2, 0.25) is 5.95 Å². The van der Waals surface area contributed by atoms with Crippen molar-refractivity contribution in [2.45, 2.75) is 0 Å². The molecule has 78 valence electrons. The van der Waals surface area contributed by atoms with Crippen molar-refractivity contribution in [2.75, 3.05) is 0 Å². The number of H-pyrrole nitrogens is 1. The van der Waals surface area contributed by atoms with Gasteiger partial charge in [-0.1, -0.05) is 0 Å². The first kappa shape index (κ1) is 10.0. The molecular weight excluding hydrogens is 274 g/mol. The zero-order valence-corrected chi connectivity index (χ0v) is 8.60. The third-order valence-electron chi connectivity index (χ3n) is 1.92. The Kier molecular flexibility index (Phi) is 2.18. The smallest absolute Gasteiger partial charge is 0.338 e. The van der Waals surface area contributed by atoms with Crippen LogP contribution in [0.15, 0.2) is 10.5 Å². The number of benzene rings is 1. The molecule has 0 atom stereocenters. The number of carboxylic acids is 1. The Morgan fingerprint density at radius 1 is 1.53 bits per heavy atom. The van der Waals surface area contributed by atoms with Crippen LogP contribution in [0.1, 0.15) is 10.4 Å². The van der Waals surface area contributed by atoms with Gasteiger partial charge in [-0.05, 0) is 22.0 Å². The summed E-state index contributed by atoms with van der Waals surface area (Å²) in [4.78, 5) is 10.7. The number of nitrogens with zero attached hydrogens (tertiary/aromatic N) is 1. The highest BCUT2D eigenvalue weighted by molar-refractivity contribution is 9.10. The quantitative estimate of drug-likeness (QED) is 0.840. The van der Waals surface area contributed by atoms with Gasteiger partial charge >= 0.3 is 5.97 Å². The van der Waals surface area contributed by atoms with Gasteiger partial charge in [-0.25, -0.2) is 9.18 Å². The van der Waals surface area contributed by atoms with Crippen molar-refractivity contribution in [3.05, 3.63) is 27.9 Å². The second-order valence-corrected chi connectivity index (χ2v) is 3.58. The topological polar surface area (TPSA) is 66.0 Å². The monoisotopic (exact) mass is 276 g/mol. The summed E-state index contributed by atoms with van der Waals surface area (Å²) in [7, 11) is 0. The molecule has 15 heavy (non-hydrogen) atoms. The van der Waals surface area contributed by atoms with Crippen molar-refractivity contribution in [1.82, 2.24) is 10.2 Å². The largest absolute Gasteiger partial charge is 0.478 e. The van der Waals surface area contributed by atoms with E-state index < -0.39 is 17.7 Å². The van der Waals surface area contributed by atoms with Crippen LogP contribution >= 0.6 is 15.9 Å². The van der Waals surface area contributed by atoms with Crippen molar-refractivity contribution in [3.63, 3.8) is 0 Å². The van der Waals surface area contributed by atoms with Crippen molar-refractivity contribution in [1.29, 1.82) is 0 Å². The van der Waals surface area contributed by atoms with Gasteiger partial charge in [-0.3, -0.25) is 5.10 Å². The molecule has 0 spiro atoms. The number of hydrogen-bond donors (Lipinski definition) is 2. The highest BCUT2D eigenvalue weighted by Gasteiger charge is 2.20. The Morgan fingerprint density at radius 3 is 2.80 bits per heavy atom. The van der Waals surface area contributed by atoms with E-state index in [1.165, 1.54) is 0 Å². The zero-order valence-electron chi connectivity index (χ0n) is 7.01. The average Bonchev–Trinajstić information content (AvgIpc) is 2.54. The zero-order chi connectivity index (χ0) is 11.2. The number of aromatic carboxylic acids is 1. The average molecular weight is 277 g/mol. The Bertz CT molecular complexity index is 567. The number of aromatic amines is 1. The molecule has 0 saturated carbocycles. The van der Waals surface area contributed by atoms with Crippen molar-refractivity contribution in [3.8, 4) is 0 Å². The number of aromatic nitrogens is 2. The van der Waals surface area contributed by atoms with E-state index in [9.17, 15) is 13.6 Å². The Hall–Kier alpha value is -1.50. The maximum absolute atomic E-state index is 13.2. The normalized spacial score (nSPS) is 10.9. The molecule has 0 aliphatic heterocycles. The van der Waals surface area contributed by atoms with Crippen LogP contribution in [0.2, 0.25) is 0 Å². The van der Waals surface area contributed by atoms with Crippen molar-refractivity contribution in [2.24, 2.45) is 0 Å². The Balaban J connectivity index is 2.96. The minimum Gasteiger partial charge on any atom is -0.478 e. The molecule has 1 heterocycles. The summed E-state index contributed by atoms with van der Waals surface area (Å²) < 4.78 is 26.2. The Morgan fingerprint density at radius 2 is 2.20 bits per heavy atom. The molecule has 0 saturated heterocycles. The number of fused-ring (bicyclic) bond motifs is 1. The third kappa shape index (κ3) is 1.39.